The first-order chi connectivity index (χ1) is 13.0. The largest absolute Gasteiger partial charge is 0.351 e. The molecule has 0 atom stereocenters. The fraction of sp³-hybridized carbons (Fsp3) is 0.294. The zero-order chi connectivity index (χ0) is 18.6. The summed E-state index contributed by atoms with van der Waals surface area (Å²) >= 11 is 0. The van der Waals surface area contributed by atoms with Gasteiger partial charge in [0.1, 0.15) is 17.0 Å². The molecule has 0 unspecified atom stereocenters. The molecule has 0 aliphatic heterocycles. The van der Waals surface area contributed by atoms with Crippen molar-refractivity contribution < 1.29 is 13.2 Å². The molecule has 5 rings (SSSR count). The second kappa shape index (κ2) is 5.66. The Labute approximate surface area is 150 Å². The maximum absolute atomic E-state index is 13.7. The van der Waals surface area contributed by atoms with Gasteiger partial charge < -0.3 is 10.3 Å². The molecule has 0 bridgehead atoms. The fourth-order valence-corrected chi connectivity index (χ4v) is 2.94. The maximum Gasteiger partial charge on any atom is 0.282 e. The number of nitrogens with one attached hydrogen (secondary N) is 2. The Kier molecular flexibility index (Phi) is 3.36. The molecular weight excluding hydrogens is 359 g/mol. The Morgan fingerprint density at radius 3 is 2.85 bits per heavy atom. The number of nitrogens with zero attached hydrogens (tertiary/aromatic N) is 5. The quantitative estimate of drug-likeness (QED) is 0.559. The minimum absolute atomic E-state index is 0.182. The van der Waals surface area contributed by atoms with Gasteiger partial charge in [-0.05, 0) is 25.0 Å². The molecule has 1 aliphatic carbocycles. The van der Waals surface area contributed by atoms with E-state index in [-0.39, 0.29) is 12.2 Å². The summed E-state index contributed by atoms with van der Waals surface area (Å²) in [5.41, 5.74) is 0.640. The Balaban J connectivity index is 1.51. The zero-order valence-electron chi connectivity index (χ0n) is 14.0. The van der Waals surface area contributed by atoms with Crippen LogP contribution in [0.1, 0.15) is 25.0 Å². The van der Waals surface area contributed by atoms with Gasteiger partial charge in [0.05, 0.1) is 18.4 Å². The Bertz CT molecular complexity index is 1150. The van der Waals surface area contributed by atoms with E-state index >= 15 is 0 Å². The molecule has 1 saturated carbocycles. The van der Waals surface area contributed by atoms with Crippen LogP contribution in [-0.4, -0.2) is 41.8 Å². The van der Waals surface area contributed by atoms with Crippen LogP contribution in [0.25, 0.3) is 27.9 Å². The first-order valence-corrected chi connectivity index (χ1v) is 8.43. The average molecular weight is 373 g/mol. The Hall–Kier alpha value is -3.17. The lowest BCUT2D eigenvalue weighted by molar-refractivity contribution is 0.143. The highest BCUT2D eigenvalue weighted by Crippen LogP contribution is 2.39. The van der Waals surface area contributed by atoms with Crippen LogP contribution in [0.4, 0.5) is 19.1 Å². The van der Waals surface area contributed by atoms with Crippen LogP contribution in [-0.2, 0) is 0 Å². The molecule has 0 radical (unpaired) electrons. The molecule has 2 N–H and O–H groups in total. The highest BCUT2D eigenvalue weighted by Gasteiger charge is 2.43. The van der Waals surface area contributed by atoms with Gasteiger partial charge in [0, 0.05) is 23.3 Å². The average Bonchev–Trinajstić information content (AvgIpc) is 3.08. The van der Waals surface area contributed by atoms with E-state index < -0.39 is 12.1 Å². The highest BCUT2D eigenvalue weighted by molar-refractivity contribution is 5.92. The summed E-state index contributed by atoms with van der Waals surface area (Å²) in [4.78, 5) is 15.5. The van der Waals surface area contributed by atoms with Crippen molar-refractivity contribution >= 4 is 22.6 Å². The summed E-state index contributed by atoms with van der Waals surface area (Å²) in [5, 5.41) is 7.87. The van der Waals surface area contributed by atoms with E-state index in [9.17, 15) is 13.2 Å². The predicted octanol–water partition coefficient (Wildman–Crippen LogP) is 3.52. The van der Waals surface area contributed by atoms with Gasteiger partial charge in [0.2, 0.25) is 5.95 Å². The van der Waals surface area contributed by atoms with Crippen molar-refractivity contribution in [2.45, 2.75) is 24.9 Å². The van der Waals surface area contributed by atoms with Crippen LogP contribution in [0.3, 0.4) is 0 Å². The minimum atomic E-state index is -2.67. The van der Waals surface area contributed by atoms with Gasteiger partial charge in [-0.2, -0.15) is 10.1 Å². The first kappa shape index (κ1) is 16.0. The second-order valence-corrected chi connectivity index (χ2v) is 6.64. The summed E-state index contributed by atoms with van der Waals surface area (Å²) in [6.07, 6.45) is 2.84. The summed E-state index contributed by atoms with van der Waals surface area (Å²) in [6, 6.07) is 3.33. The van der Waals surface area contributed by atoms with Crippen LogP contribution in [0, 0.1) is 0 Å². The lowest BCUT2D eigenvalue weighted by atomic mass is 10.2. The molecule has 4 aromatic rings. The highest BCUT2D eigenvalue weighted by atomic mass is 19.3. The molecule has 7 nitrogen and oxygen atoms in total. The van der Waals surface area contributed by atoms with Crippen molar-refractivity contribution in [1.29, 1.82) is 0 Å². The summed E-state index contributed by atoms with van der Waals surface area (Å²) in [6.45, 7) is 0.182. The monoisotopic (exact) mass is 373 g/mol. The van der Waals surface area contributed by atoms with Crippen LogP contribution in [0.5, 0.6) is 0 Å². The first-order valence-electron chi connectivity index (χ1n) is 8.43. The molecule has 0 amide bonds. The maximum atomic E-state index is 13.7. The Morgan fingerprint density at radius 2 is 2.07 bits per heavy atom. The molecule has 10 heteroatoms. The zero-order valence-corrected chi connectivity index (χ0v) is 14.0. The van der Waals surface area contributed by atoms with E-state index in [2.05, 4.69) is 30.4 Å². The molecule has 4 aromatic heterocycles. The number of imidazole rings is 1. The molecule has 1 fully saturated rings. The summed E-state index contributed by atoms with van der Waals surface area (Å²) in [5.74, 6) is 0.331. The number of H-pyrrole nitrogens is 1. The topological polar surface area (TPSA) is 83.8 Å². The van der Waals surface area contributed by atoms with Gasteiger partial charge in [0.15, 0.2) is 5.65 Å². The Morgan fingerprint density at radius 1 is 1.22 bits per heavy atom. The predicted molar refractivity (Wildman–Crippen MR) is 92.4 cm³/mol. The van der Waals surface area contributed by atoms with E-state index in [0.717, 1.165) is 10.7 Å². The molecular formula is C17H14F3N7. The molecule has 0 saturated heterocycles. The standard InChI is InChI=1S/C17H14F3N7/c18-14(19)12-7-21-13-2-1-11(26-27(12)13)9-5-22-15-10(9)6-23-16(25-15)24-8-17(20)3-4-17/h1-2,5-7,14H,3-4,8H2,(H2,22,23,24,25). The van der Waals surface area contributed by atoms with E-state index in [1.54, 1.807) is 24.5 Å². The van der Waals surface area contributed by atoms with Crippen LogP contribution < -0.4 is 5.32 Å². The number of fused-ring (bicyclic) bond motifs is 2. The van der Waals surface area contributed by atoms with Crippen LogP contribution >= 0.6 is 0 Å². The van der Waals surface area contributed by atoms with E-state index in [0.29, 0.717) is 46.7 Å². The second-order valence-electron chi connectivity index (χ2n) is 6.64. The molecule has 138 valence electrons. The number of alkyl halides is 3. The third kappa shape index (κ3) is 2.77. The third-order valence-corrected chi connectivity index (χ3v) is 4.68. The van der Waals surface area contributed by atoms with Crippen molar-refractivity contribution in [3.05, 3.63) is 36.4 Å². The fourth-order valence-electron chi connectivity index (χ4n) is 2.94. The number of aromatic amines is 1. The van der Waals surface area contributed by atoms with Crippen molar-refractivity contribution in [1.82, 2.24) is 29.5 Å². The van der Waals surface area contributed by atoms with Crippen LogP contribution in [0.15, 0.2) is 30.7 Å². The van der Waals surface area contributed by atoms with Gasteiger partial charge in [-0.15, -0.1) is 0 Å². The molecule has 27 heavy (non-hydrogen) atoms. The van der Waals surface area contributed by atoms with Gasteiger partial charge in [-0.25, -0.2) is 27.7 Å². The SMILES string of the molecule is FC(F)c1cnc2ccc(-c3c[nH]c4nc(NCC5(F)CC5)ncc34)nn12. The van der Waals surface area contributed by atoms with Gasteiger partial charge in [0.25, 0.3) is 6.43 Å². The number of aromatic nitrogens is 6. The van der Waals surface area contributed by atoms with Crippen LogP contribution in [0.2, 0.25) is 0 Å². The molecule has 1 aliphatic rings. The van der Waals surface area contributed by atoms with E-state index in [1.807, 2.05) is 0 Å². The van der Waals surface area contributed by atoms with Crippen molar-refractivity contribution in [3.8, 4) is 11.3 Å². The molecule has 0 aromatic carbocycles. The lowest BCUT2D eigenvalue weighted by Gasteiger charge is -2.07. The molecule has 0 spiro atoms. The third-order valence-electron chi connectivity index (χ3n) is 4.68. The van der Waals surface area contributed by atoms with E-state index in [4.69, 9.17) is 0 Å². The van der Waals surface area contributed by atoms with Crippen molar-refractivity contribution in [3.63, 3.8) is 0 Å². The van der Waals surface area contributed by atoms with E-state index in [1.165, 1.54) is 0 Å². The normalized spacial score (nSPS) is 15.7. The molecule has 4 heterocycles. The van der Waals surface area contributed by atoms with Crippen molar-refractivity contribution in [2.75, 3.05) is 11.9 Å². The number of hydrogen-bond donors (Lipinski definition) is 2. The van der Waals surface area contributed by atoms with Gasteiger partial charge in [-0.1, -0.05) is 0 Å². The number of anilines is 1. The number of rotatable bonds is 5. The smallest absolute Gasteiger partial charge is 0.282 e. The summed E-state index contributed by atoms with van der Waals surface area (Å²) in [7, 11) is 0. The van der Waals surface area contributed by atoms with Gasteiger partial charge >= 0.3 is 0 Å². The lowest BCUT2D eigenvalue weighted by Crippen LogP contribution is -2.17. The van der Waals surface area contributed by atoms with Gasteiger partial charge in [-0.3, -0.25) is 0 Å². The number of hydrogen-bond acceptors (Lipinski definition) is 5. The van der Waals surface area contributed by atoms with Crippen molar-refractivity contribution in [2.24, 2.45) is 0 Å². The minimum Gasteiger partial charge on any atom is -0.351 e. The number of halogens is 3. The summed E-state index contributed by atoms with van der Waals surface area (Å²) < 4.78 is 41.1.